The lowest BCUT2D eigenvalue weighted by molar-refractivity contribution is 0.171. The Hall–Kier alpha value is -1.39. The molecule has 0 aliphatic rings. The average molecular weight is 265 g/mol. The molecule has 2 nitrogen and oxygen atoms in total. The Labute approximate surface area is 110 Å². The van der Waals surface area contributed by atoms with Crippen LogP contribution in [0, 0.1) is 5.82 Å². The minimum atomic E-state index is -0.269. The molecule has 1 heterocycles. The number of ether oxygens (including phenoxy) is 1. The van der Waals surface area contributed by atoms with Crippen molar-refractivity contribution >= 4 is 11.3 Å². The average Bonchev–Trinajstić information content (AvgIpc) is 2.91. The van der Waals surface area contributed by atoms with Gasteiger partial charge in [0.25, 0.3) is 0 Å². The molecule has 2 unspecified atom stereocenters. The van der Waals surface area contributed by atoms with Crippen molar-refractivity contribution in [2.45, 2.75) is 25.5 Å². The third-order valence-electron chi connectivity index (χ3n) is 2.81. The molecule has 2 rings (SSSR count). The predicted octanol–water partition coefficient (Wildman–Crippen LogP) is 3.74. The standard InChI is InChI=1S/C14H16FNOS/c1-2-13(16)14(10-7-8-18-9-10)17-12-5-3-11(15)4-6-12/h3-9,13-14H,2,16H2,1H3. The largest absolute Gasteiger partial charge is 0.484 e. The van der Waals surface area contributed by atoms with E-state index in [-0.39, 0.29) is 18.0 Å². The van der Waals surface area contributed by atoms with E-state index >= 15 is 0 Å². The molecule has 0 bridgehead atoms. The van der Waals surface area contributed by atoms with Gasteiger partial charge in [-0.25, -0.2) is 4.39 Å². The summed E-state index contributed by atoms with van der Waals surface area (Å²) in [7, 11) is 0. The lowest BCUT2D eigenvalue weighted by Crippen LogP contribution is -2.31. The zero-order valence-electron chi connectivity index (χ0n) is 10.2. The van der Waals surface area contributed by atoms with Crippen LogP contribution in [0.3, 0.4) is 0 Å². The van der Waals surface area contributed by atoms with Crippen molar-refractivity contribution < 1.29 is 9.13 Å². The first kappa shape index (κ1) is 13.1. The molecule has 0 saturated heterocycles. The molecule has 0 amide bonds. The van der Waals surface area contributed by atoms with Crippen molar-refractivity contribution in [2.24, 2.45) is 5.73 Å². The first-order valence-corrected chi connectivity index (χ1v) is 6.85. The Morgan fingerprint density at radius 3 is 2.56 bits per heavy atom. The Morgan fingerprint density at radius 2 is 2.00 bits per heavy atom. The van der Waals surface area contributed by atoms with Crippen molar-refractivity contribution in [3.05, 3.63) is 52.5 Å². The molecule has 0 radical (unpaired) electrons. The summed E-state index contributed by atoms with van der Waals surface area (Å²) in [5.41, 5.74) is 7.16. The van der Waals surface area contributed by atoms with Crippen LogP contribution < -0.4 is 10.5 Å². The number of hydrogen-bond donors (Lipinski definition) is 1. The van der Waals surface area contributed by atoms with E-state index < -0.39 is 0 Å². The van der Waals surface area contributed by atoms with Crippen LogP contribution in [0.5, 0.6) is 5.75 Å². The molecule has 1 aromatic carbocycles. The SMILES string of the molecule is CCC(N)C(Oc1ccc(F)cc1)c1ccsc1. The summed E-state index contributed by atoms with van der Waals surface area (Å²) in [4.78, 5) is 0. The summed E-state index contributed by atoms with van der Waals surface area (Å²) in [5.74, 6) is 0.366. The molecule has 0 saturated carbocycles. The molecular formula is C14H16FNOS. The van der Waals surface area contributed by atoms with Gasteiger partial charge in [0.2, 0.25) is 0 Å². The number of hydrogen-bond acceptors (Lipinski definition) is 3. The maximum Gasteiger partial charge on any atom is 0.140 e. The van der Waals surface area contributed by atoms with E-state index in [1.165, 1.54) is 12.1 Å². The van der Waals surface area contributed by atoms with Gasteiger partial charge in [0.1, 0.15) is 17.7 Å². The highest BCUT2D eigenvalue weighted by Crippen LogP contribution is 2.27. The molecule has 0 aliphatic heterocycles. The third-order valence-corrected chi connectivity index (χ3v) is 3.51. The fourth-order valence-electron chi connectivity index (χ4n) is 1.71. The van der Waals surface area contributed by atoms with Crippen LogP contribution in [0.15, 0.2) is 41.1 Å². The molecule has 2 N–H and O–H groups in total. The van der Waals surface area contributed by atoms with E-state index in [0.717, 1.165) is 12.0 Å². The smallest absolute Gasteiger partial charge is 0.140 e. The predicted molar refractivity (Wildman–Crippen MR) is 72.4 cm³/mol. The van der Waals surface area contributed by atoms with Gasteiger partial charge in [-0.05, 0) is 47.5 Å². The third kappa shape index (κ3) is 3.09. The Morgan fingerprint density at radius 1 is 1.28 bits per heavy atom. The number of benzene rings is 1. The summed E-state index contributed by atoms with van der Waals surface area (Å²) in [5, 5.41) is 4.03. The second-order valence-corrected chi connectivity index (χ2v) is 4.90. The first-order valence-electron chi connectivity index (χ1n) is 5.90. The van der Waals surface area contributed by atoms with Crippen LogP contribution in [-0.2, 0) is 0 Å². The van der Waals surface area contributed by atoms with Crippen LogP contribution in [0.4, 0.5) is 4.39 Å². The van der Waals surface area contributed by atoms with Gasteiger partial charge in [-0.2, -0.15) is 11.3 Å². The van der Waals surface area contributed by atoms with Gasteiger partial charge in [-0.3, -0.25) is 0 Å². The van der Waals surface area contributed by atoms with Gasteiger partial charge in [0.15, 0.2) is 0 Å². The molecular weight excluding hydrogens is 249 g/mol. The molecule has 4 heteroatoms. The molecule has 0 fully saturated rings. The maximum absolute atomic E-state index is 12.8. The monoisotopic (exact) mass is 265 g/mol. The molecule has 2 atom stereocenters. The minimum absolute atomic E-state index is 0.0790. The van der Waals surface area contributed by atoms with Crippen LogP contribution >= 0.6 is 11.3 Å². The number of rotatable bonds is 5. The van der Waals surface area contributed by atoms with E-state index in [0.29, 0.717) is 5.75 Å². The summed E-state index contributed by atoms with van der Waals surface area (Å²) in [6.07, 6.45) is 0.633. The molecule has 0 spiro atoms. The van der Waals surface area contributed by atoms with E-state index in [9.17, 15) is 4.39 Å². The van der Waals surface area contributed by atoms with Gasteiger partial charge in [-0.1, -0.05) is 6.92 Å². The number of nitrogens with two attached hydrogens (primary N) is 1. The van der Waals surface area contributed by atoms with Crippen molar-refractivity contribution in [1.29, 1.82) is 0 Å². The minimum Gasteiger partial charge on any atom is -0.484 e. The summed E-state index contributed by atoms with van der Waals surface area (Å²) < 4.78 is 18.7. The van der Waals surface area contributed by atoms with Crippen LogP contribution in [0.2, 0.25) is 0 Å². The van der Waals surface area contributed by atoms with Crippen LogP contribution in [-0.4, -0.2) is 6.04 Å². The summed E-state index contributed by atoms with van der Waals surface area (Å²) in [6, 6.07) is 7.95. The van der Waals surface area contributed by atoms with Crippen molar-refractivity contribution in [3.8, 4) is 5.75 Å². The fourth-order valence-corrected chi connectivity index (χ4v) is 2.40. The van der Waals surface area contributed by atoms with E-state index in [2.05, 4.69) is 0 Å². The first-order chi connectivity index (χ1) is 8.70. The van der Waals surface area contributed by atoms with Crippen molar-refractivity contribution in [1.82, 2.24) is 0 Å². The Kier molecular flexibility index (Phi) is 4.33. The van der Waals surface area contributed by atoms with Gasteiger partial charge >= 0.3 is 0 Å². The zero-order valence-corrected chi connectivity index (χ0v) is 11.0. The zero-order chi connectivity index (χ0) is 13.0. The fraction of sp³-hybridized carbons (Fsp3) is 0.286. The second-order valence-electron chi connectivity index (χ2n) is 4.12. The highest BCUT2D eigenvalue weighted by atomic mass is 32.1. The van der Waals surface area contributed by atoms with Crippen molar-refractivity contribution in [3.63, 3.8) is 0 Å². The lowest BCUT2D eigenvalue weighted by atomic mass is 10.0. The van der Waals surface area contributed by atoms with E-state index in [1.54, 1.807) is 23.5 Å². The number of halogens is 1. The maximum atomic E-state index is 12.8. The molecule has 1 aromatic heterocycles. The summed E-state index contributed by atoms with van der Waals surface area (Å²) in [6.45, 7) is 2.03. The molecule has 2 aromatic rings. The molecule has 0 aliphatic carbocycles. The Balaban J connectivity index is 2.17. The van der Waals surface area contributed by atoms with Gasteiger partial charge < -0.3 is 10.5 Å². The van der Waals surface area contributed by atoms with Crippen LogP contribution in [0.25, 0.3) is 0 Å². The number of thiophene rings is 1. The van der Waals surface area contributed by atoms with Gasteiger partial charge in [-0.15, -0.1) is 0 Å². The molecule has 18 heavy (non-hydrogen) atoms. The van der Waals surface area contributed by atoms with Gasteiger partial charge in [0, 0.05) is 11.6 Å². The quantitative estimate of drug-likeness (QED) is 0.893. The highest BCUT2D eigenvalue weighted by Gasteiger charge is 2.20. The second kappa shape index (κ2) is 5.98. The molecule has 96 valence electrons. The topological polar surface area (TPSA) is 35.2 Å². The van der Waals surface area contributed by atoms with E-state index in [4.69, 9.17) is 10.5 Å². The van der Waals surface area contributed by atoms with Crippen molar-refractivity contribution in [2.75, 3.05) is 0 Å². The summed E-state index contributed by atoms with van der Waals surface area (Å²) >= 11 is 1.61. The normalized spacial score (nSPS) is 14.2. The lowest BCUT2D eigenvalue weighted by Gasteiger charge is -2.23. The van der Waals surface area contributed by atoms with E-state index in [1.807, 2.05) is 23.8 Å². The highest BCUT2D eigenvalue weighted by molar-refractivity contribution is 7.07. The van der Waals surface area contributed by atoms with Crippen LogP contribution in [0.1, 0.15) is 25.0 Å². The van der Waals surface area contributed by atoms with Gasteiger partial charge in [0.05, 0.1) is 0 Å². The Bertz CT molecular complexity index is 469.